The Morgan fingerprint density at radius 1 is 1.37 bits per heavy atom. The second-order valence-electron chi connectivity index (χ2n) is 10.0. The largest absolute Gasteiger partial charge is 0.382 e. The first-order valence-corrected chi connectivity index (χ1v) is 12.4. The first-order chi connectivity index (χ1) is 16.6. The van der Waals surface area contributed by atoms with Crippen LogP contribution in [0.1, 0.15) is 43.6 Å². The number of pyridine rings is 1. The lowest BCUT2D eigenvalue weighted by molar-refractivity contribution is 0.0974. The molecular formula is C25H37ClN8O. The van der Waals surface area contributed by atoms with E-state index in [-0.39, 0.29) is 23.4 Å². The summed E-state index contributed by atoms with van der Waals surface area (Å²) in [5.41, 5.74) is 16.1. The van der Waals surface area contributed by atoms with Crippen LogP contribution in [0.5, 0.6) is 0 Å². The monoisotopic (exact) mass is 500 g/mol. The lowest BCUT2D eigenvalue weighted by Crippen LogP contribution is -2.51. The molecule has 0 saturated carbocycles. The molecule has 10 heteroatoms. The molecule has 4 rings (SSSR count). The van der Waals surface area contributed by atoms with Crippen LogP contribution in [-0.2, 0) is 11.3 Å². The van der Waals surface area contributed by atoms with Crippen LogP contribution < -0.4 is 16.4 Å². The number of rotatable bonds is 6. The molecule has 0 aliphatic carbocycles. The molecular weight excluding hydrogens is 464 g/mol. The number of halogens is 1. The summed E-state index contributed by atoms with van der Waals surface area (Å²) >= 11 is 6.63. The second-order valence-corrected chi connectivity index (χ2v) is 10.4. The van der Waals surface area contributed by atoms with Crippen LogP contribution in [0.4, 0.5) is 5.82 Å². The molecule has 2 aromatic heterocycles. The third-order valence-corrected chi connectivity index (χ3v) is 7.90. The first-order valence-electron chi connectivity index (χ1n) is 12.1. The van der Waals surface area contributed by atoms with Gasteiger partial charge >= 0.3 is 0 Å². The van der Waals surface area contributed by atoms with Crippen LogP contribution in [0.15, 0.2) is 28.0 Å². The second kappa shape index (κ2) is 9.89. The Morgan fingerprint density at radius 3 is 2.60 bits per heavy atom. The quantitative estimate of drug-likeness (QED) is 0.463. The van der Waals surface area contributed by atoms with Crippen LogP contribution in [0.25, 0.3) is 11.2 Å². The Kier molecular flexibility index (Phi) is 7.24. The van der Waals surface area contributed by atoms with Gasteiger partial charge in [0, 0.05) is 35.7 Å². The summed E-state index contributed by atoms with van der Waals surface area (Å²) in [4.78, 5) is 8.33. The molecule has 0 amide bonds. The number of piperidine rings is 1. The number of aromatic nitrogens is 3. The SMILES string of the molecule is C=N/C(N)=C(Cl)\C(=C/C)c1c(C)cc(N2CCC3(CC2)CO[C@@H](C)[C@H]3N)n2c(CN(C)C)nnc12. The van der Waals surface area contributed by atoms with Crippen molar-refractivity contribution in [3.8, 4) is 0 Å². The molecule has 0 bridgehead atoms. The Bertz CT molecular complexity index is 1180. The van der Waals surface area contributed by atoms with E-state index in [1.165, 1.54) is 0 Å². The van der Waals surface area contributed by atoms with E-state index in [4.69, 9.17) is 27.8 Å². The lowest BCUT2D eigenvalue weighted by atomic mass is 9.73. The normalized spacial score (nSPS) is 23.4. The molecule has 9 nitrogen and oxygen atoms in total. The molecule has 0 radical (unpaired) electrons. The van der Waals surface area contributed by atoms with Crippen molar-refractivity contribution >= 4 is 35.4 Å². The molecule has 2 aromatic rings. The van der Waals surface area contributed by atoms with Gasteiger partial charge in [0.2, 0.25) is 0 Å². The fraction of sp³-hybridized carbons (Fsp3) is 0.560. The van der Waals surface area contributed by atoms with Gasteiger partial charge < -0.3 is 26.0 Å². The number of hydrogen-bond donors (Lipinski definition) is 2. The average Bonchev–Trinajstić information content (AvgIpc) is 3.36. The van der Waals surface area contributed by atoms with Crippen LogP contribution >= 0.6 is 11.6 Å². The van der Waals surface area contributed by atoms with Gasteiger partial charge in [0.05, 0.1) is 24.3 Å². The topological polar surface area (TPSA) is 110 Å². The molecule has 0 unspecified atom stereocenters. The van der Waals surface area contributed by atoms with Gasteiger partial charge in [0.15, 0.2) is 11.5 Å². The third-order valence-electron chi connectivity index (χ3n) is 7.50. The fourth-order valence-corrected chi connectivity index (χ4v) is 5.68. The number of anilines is 1. The van der Waals surface area contributed by atoms with Crippen molar-refractivity contribution in [3.05, 3.63) is 39.9 Å². The number of nitrogens with two attached hydrogens (primary N) is 2. The highest BCUT2D eigenvalue weighted by molar-refractivity contribution is 6.37. The van der Waals surface area contributed by atoms with E-state index < -0.39 is 0 Å². The molecule has 1 spiro atoms. The Labute approximate surface area is 212 Å². The van der Waals surface area contributed by atoms with E-state index in [2.05, 4.69) is 56.0 Å². The fourth-order valence-electron chi connectivity index (χ4n) is 5.42. The van der Waals surface area contributed by atoms with Crippen LogP contribution in [0.2, 0.25) is 0 Å². The van der Waals surface area contributed by atoms with E-state index in [9.17, 15) is 0 Å². The van der Waals surface area contributed by atoms with Gasteiger partial charge in [0.25, 0.3) is 0 Å². The molecule has 2 aliphatic rings. The first kappa shape index (κ1) is 25.6. The van der Waals surface area contributed by atoms with E-state index in [1.807, 2.05) is 27.1 Å². The Balaban J connectivity index is 1.82. The minimum Gasteiger partial charge on any atom is -0.382 e. The van der Waals surface area contributed by atoms with Gasteiger partial charge in [-0.05, 0) is 66.1 Å². The third kappa shape index (κ3) is 4.46. The highest BCUT2D eigenvalue weighted by Gasteiger charge is 2.47. The number of hydrogen-bond acceptors (Lipinski definition) is 8. The number of ether oxygens (including phenoxy) is 1. The lowest BCUT2D eigenvalue weighted by Gasteiger charge is -2.42. The van der Waals surface area contributed by atoms with Gasteiger partial charge in [-0.25, -0.2) is 4.99 Å². The van der Waals surface area contributed by atoms with E-state index >= 15 is 0 Å². The van der Waals surface area contributed by atoms with Crippen molar-refractivity contribution < 1.29 is 4.74 Å². The zero-order valence-corrected chi connectivity index (χ0v) is 22.1. The number of fused-ring (bicyclic) bond motifs is 1. The highest BCUT2D eigenvalue weighted by Crippen LogP contribution is 2.43. The van der Waals surface area contributed by atoms with E-state index in [0.717, 1.165) is 66.5 Å². The minimum absolute atomic E-state index is 0.0509. The predicted molar refractivity (Wildman–Crippen MR) is 143 cm³/mol. The van der Waals surface area contributed by atoms with Gasteiger partial charge in [-0.2, -0.15) is 0 Å². The maximum Gasteiger partial charge on any atom is 0.170 e. The van der Waals surface area contributed by atoms with Crippen molar-refractivity contribution in [3.63, 3.8) is 0 Å². The van der Waals surface area contributed by atoms with Gasteiger partial charge in [0.1, 0.15) is 11.6 Å². The number of allylic oxidation sites excluding steroid dienone is 3. The minimum atomic E-state index is 0.0509. The summed E-state index contributed by atoms with van der Waals surface area (Å²) in [5, 5.41) is 9.55. The zero-order valence-electron chi connectivity index (χ0n) is 21.4. The summed E-state index contributed by atoms with van der Waals surface area (Å²) in [6, 6.07) is 2.27. The maximum absolute atomic E-state index is 6.63. The Hall–Kier alpha value is -2.46. The smallest absolute Gasteiger partial charge is 0.170 e. The maximum atomic E-state index is 6.63. The highest BCUT2D eigenvalue weighted by atomic mass is 35.5. The summed E-state index contributed by atoms with van der Waals surface area (Å²) < 4.78 is 8.08. The number of aryl methyl sites for hydroxylation is 1. The standard InChI is InChI=1S/C25H37ClN8O/c1-7-17(21(26)23(28)29-4)20-15(2)12-19(34-18(13-32(5)6)30-31-24(20)34)33-10-8-25(9-11-33)14-35-16(3)22(25)27/h7,12,16,22H,4,8-11,13-14,27-28H2,1-3,5-6H3/b17-7-,23-21+/t16-,22+/m0/s1. The van der Waals surface area contributed by atoms with Gasteiger partial charge in [-0.1, -0.05) is 17.7 Å². The van der Waals surface area contributed by atoms with Crippen LogP contribution in [0, 0.1) is 12.3 Å². The van der Waals surface area contributed by atoms with Gasteiger partial charge in [-0.3, -0.25) is 4.40 Å². The molecule has 0 aromatic carbocycles. The molecule has 2 saturated heterocycles. The van der Waals surface area contributed by atoms with Crippen molar-refractivity contribution in [2.24, 2.45) is 21.9 Å². The van der Waals surface area contributed by atoms with Crippen molar-refractivity contribution in [2.75, 3.05) is 38.7 Å². The van der Waals surface area contributed by atoms with Crippen molar-refractivity contribution in [1.82, 2.24) is 19.5 Å². The Morgan fingerprint density at radius 2 is 2.06 bits per heavy atom. The van der Waals surface area contributed by atoms with E-state index in [0.29, 0.717) is 11.6 Å². The van der Waals surface area contributed by atoms with Crippen molar-refractivity contribution in [2.45, 2.75) is 52.3 Å². The molecule has 4 N–H and O–H groups in total. The molecule has 35 heavy (non-hydrogen) atoms. The molecule has 190 valence electrons. The molecule has 2 atom stereocenters. The molecule has 4 heterocycles. The number of aliphatic imine (C=N–C) groups is 1. The van der Waals surface area contributed by atoms with Crippen LogP contribution in [0.3, 0.4) is 0 Å². The summed E-state index contributed by atoms with van der Waals surface area (Å²) in [7, 11) is 4.05. The molecule has 2 aliphatic heterocycles. The van der Waals surface area contributed by atoms with Crippen molar-refractivity contribution in [1.29, 1.82) is 0 Å². The molecule has 2 fully saturated rings. The van der Waals surface area contributed by atoms with E-state index in [1.54, 1.807) is 0 Å². The predicted octanol–water partition coefficient (Wildman–Crippen LogP) is 2.90. The average molecular weight is 501 g/mol. The van der Waals surface area contributed by atoms with Gasteiger partial charge in [-0.15, -0.1) is 10.2 Å². The van der Waals surface area contributed by atoms with Crippen LogP contribution in [-0.4, -0.2) is 72.2 Å². The number of nitrogens with zero attached hydrogens (tertiary/aromatic N) is 6. The summed E-state index contributed by atoms with van der Waals surface area (Å²) in [6.45, 7) is 12.8. The summed E-state index contributed by atoms with van der Waals surface area (Å²) in [5.74, 6) is 2.12. The zero-order chi connectivity index (χ0) is 25.5. The summed E-state index contributed by atoms with van der Waals surface area (Å²) in [6.07, 6.45) is 4.01.